The molecule has 5 heteroatoms. The number of nitrogens with one attached hydrogen (secondary N) is 1. The van der Waals surface area contributed by atoms with E-state index in [1.54, 1.807) is 17.2 Å². The Morgan fingerprint density at radius 2 is 2.11 bits per heavy atom. The summed E-state index contributed by atoms with van der Waals surface area (Å²) in [6.45, 7) is 2.33. The molecule has 100 valence electrons. The van der Waals surface area contributed by atoms with Crippen molar-refractivity contribution in [3.63, 3.8) is 0 Å². The van der Waals surface area contributed by atoms with Crippen LogP contribution in [0.1, 0.15) is 32.6 Å². The Balaban J connectivity index is 1.78. The summed E-state index contributed by atoms with van der Waals surface area (Å²) in [5, 5.41) is 7.76. The first-order chi connectivity index (χ1) is 9.33. The van der Waals surface area contributed by atoms with E-state index in [-0.39, 0.29) is 0 Å². The number of hydrogen-bond acceptors (Lipinski definition) is 4. The van der Waals surface area contributed by atoms with Gasteiger partial charge in [0.1, 0.15) is 12.7 Å². The molecule has 1 N–H and O–H groups in total. The highest BCUT2D eigenvalue weighted by Gasteiger charge is 2.19. The van der Waals surface area contributed by atoms with E-state index in [1.165, 1.54) is 32.0 Å². The van der Waals surface area contributed by atoms with Crippen molar-refractivity contribution in [1.29, 1.82) is 0 Å². The predicted molar refractivity (Wildman–Crippen MR) is 74.2 cm³/mol. The molecule has 0 aliphatic heterocycles. The lowest BCUT2D eigenvalue weighted by Gasteiger charge is -2.28. The number of hydrogen-bond donors (Lipinski definition) is 1. The summed E-state index contributed by atoms with van der Waals surface area (Å²) in [4.78, 5) is 8.38. The van der Waals surface area contributed by atoms with Crippen LogP contribution in [0.5, 0.6) is 0 Å². The predicted octanol–water partition coefficient (Wildman–Crippen LogP) is 2.65. The van der Waals surface area contributed by atoms with Crippen LogP contribution in [-0.4, -0.2) is 25.8 Å². The van der Waals surface area contributed by atoms with E-state index in [1.807, 2.05) is 6.07 Å². The topological polar surface area (TPSA) is 55.6 Å². The molecule has 2 aromatic heterocycles. The zero-order valence-corrected chi connectivity index (χ0v) is 11.2. The third kappa shape index (κ3) is 2.75. The lowest BCUT2D eigenvalue weighted by atomic mass is 9.87. The Hall–Kier alpha value is -1.91. The maximum Gasteiger partial charge on any atom is 0.178 e. The SMILES string of the molecule is CC1CCC(Nc2cccnc2-n2cncn2)CC1. The lowest BCUT2D eigenvalue weighted by Crippen LogP contribution is -2.26. The minimum absolute atomic E-state index is 0.544. The van der Waals surface area contributed by atoms with E-state index in [9.17, 15) is 0 Å². The largest absolute Gasteiger partial charge is 0.379 e. The zero-order valence-electron chi connectivity index (χ0n) is 11.2. The molecule has 5 nitrogen and oxygen atoms in total. The molecular weight excluding hydrogens is 238 g/mol. The van der Waals surface area contributed by atoms with Crippen LogP contribution >= 0.6 is 0 Å². The van der Waals surface area contributed by atoms with Gasteiger partial charge in [0.2, 0.25) is 0 Å². The van der Waals surface area contributed by atoms with Gasteiger partial charge in [-0.15, -0.1) is 0 Å². The van der Waals surface area contributed by atoms with Gasteiger partial charge >= 0.3 is 0 Å². The Kier molecular flexibility index (Phi) is 3.44. The van der Waals surface area contributed by atoms with E-state index >= 15 is 0 Å². The minimum atomic E-state index is 0.544. The van der Waals surface area contributed by atoms with Crippen LogP contribution < -0.4 is 5.32 Å². The quantitative estimate of drug-likeness (QED) is 0.918. The summed E-state index contributed by atoms with van der Waals surface area (Å²) >= 11 is 0. The molecule has 3 rings (SSSR count). The van der Waals surface area contributed by atoms with Gasteiger partial charge < -0.3 is 5.32 Å². The molecule has 0 bridgehead atoms. The molecule has 1 aliphatic carbocycles. The first-order valence-electron chi connectivity index (χ1n) is 6.89. The minimum Gasteiger partial charge on any atom is -0.379 e. The van der Waals surface area contributed by atoms with E-state index in [0.29, 0.717) is 6.04 Å². The molecule has 0 atom stereocenters. The van der Waals surface area contributed by atoms with Gasteiger partial charge in [0, 0.05) is 12.2 Å². The van der Waals surface area contributed by atoms with Crippen LogP contribution in [0, 0.1) is 5.92 Å². The molecule has 19 heavy (non-hydrogen) atoms. The molecule has 0 unspecified atom stereocenters. The first-order valence-corrected chi connectivity index (χ1v) is 6.89. The number of aromatic nitrogens is 4. The van der Waals surface area contributed by atoms with E-state index in [2.05, 4.69) is 33.4 Å². The highest BCUT2D eigenvalue weighted by molar-refractivity contribution is 5.56. The summed E-state index contributed by atoms with van der Waals surface area (Å²) in [6.07, 6.45) is 10.1. The fourth-order valence-corrected chi connectivity index (χ4v) is 2.63. The van der Waals surface area contributed by atoms with Crippen LogP contribution in [0.4, 0.5) is 5.69 Å². The van der Waals surface area contributed by atoms with Gasteiger partial charge in [0.25, 0.3) is 0 Å². The Labute approximate surface area is 113 Å². The van der Waals surface area contributed by atoms with Crippen LogP contribution in [0.15, 0.2) is 31.0 Å². The van der Waals surface area contributed by atoms with Gasteiger partial charge in [-0.2, -0.15) is 5.10 Å². The van der Waals surface area contributed by atoms with Crippen molar-refractivity contribution in [2.24, 2.45) is 5.92 Å². The van der Waals surface area contributed by atoms with Crippen molar-refractivity contribution >= 4 is 5.69 Å². The Morgan fingerprint density at radius 3 is 2.84 bits per heavy atom. The third-order valence-corrected chi connectivity index (χ3v) is 3.80. The zero-order chi connectivity index (χ0) is 13.1. The highest BCUT2D eigenvalue weighted by Crippen LogP contribution is 2.27. The fourth-order valence-electron chi connectivity index (χ4n) is 2.63. The second-order valence-corrected chi connectivity index (χ2v) is 5.32. The molecule has 0 spiro atoms. The van der Waals surface area contributed by atoms with Crippen LogP contribution in [0.2, 0.25) is 0 Å². The molecule has 2 heterocycles. The molecule has 1 saturated carbocycles. The normalized spacial score (nSPS) is 23.2. The van der Waals surface area contributed by atoms with Crippen molar-refractivity contribution < 1.29 is 0 Å². The van der Waals surface area contributed by atoms with Crippen molar-refractivity contribution in [2.75, 3.05) is 5.32 Å². The molecule has 0 amide bonds. The maximum atomic E-state index is 4.40. The van der Waals surface area contributed by atoms with Gasteiger partial charge in [-0.3, -0.25) is 0 Å². The molecule has 2 aromatic rings. The van der Waals surface area contributed by atoms with E-state index < -0.39 is 0 Å². The molecule has 1 aliphatic rings. The number of rotatable bonds is 3. The maximum absolute atomic E-state index is 4.40. The average Bonchev–Trinajstić information content (AvgIpc) is 2.96. The third-order valence-electron chi connectivity index (χ3n) is 3.80. The summed E-state index contributed by atoms with van der Waals surface area (Å²) in [5.74, 6) is 1.68. The van der Waals surface area contributed by atoms with Crippen LogP contribution in [0.25, 0.3) is 5.82 Å². The molecule has 0 radical (unpaired) electrons. The number of anilines is 1. The highest BCUT2D eigenvalue weighted by atomic mass is 15.3. The van der Waals surface area contributed by atoms with Crippen LogP contribution in [0.3, 0.4) is 0 Å². The molecule has 1 fully saturated rings. The number of nitrogens with zero attached hydrogens (tertiary/aromatic N) is 4. The lowest BCUT2D eigenvalue weighted by molar-refractivity contribution is 0.361. The monoisotopic (exact) mass is 257 g/mol. The second kappa shape index (κ2) is 5.38. The fraction of sp³-hybridized carbons (Fsp3) is 0.500. The summed E-state index contributed by atoms with van der Waals surface area (Å²) in [6, 6.07) is 4.55. The smallest absolute Gasteiger partial charge is 0.178 e. The van der Waals surface area contributed by atoms with Crippen molar-refractivity contribution in [3.8, 4) is 5.82 Å². The van der Waals surface area contributed by atoms with E-state index in [4.69, 9.17) is 0 Å². The van der Waals surface area contributed by atoms with Gasteiger partial charge in [-0.1, -0.05) is 6.92 Å². The van der Waals surface area contributed by atoms with Crippen LogP contribution in [-0.2, 0) is 0 Å². The van der Waals surface area contributed by atoms with E-state index in [0.717, 1.165) is 17.4 Å². The Bertz CT molecular complexity index is 514. The first kappa shape index (κ1) is 12.1. The average molecular weight is 257 g/mol. The molecule has 0 aromatic carbocycles. The van der Waals surface area contributed by atoms with Gasteiger partial charge in [0.05, 0.1) is 5.69 Å². The molecular formula is C14H19N5. The van der Waals surface area contributed by atoms with Crippen molar-refractivity contribution in [2.45, 2.75) is 38.6 Å². The summed E-state index contributed by atoms with van der Waals surface area (Å²) in [5.41, 5.74) is 1.03. The van der Waals surface area contributed by atoms with Gasteiger partial charge in [-0.25, -0.2) is 14.6 Å². The summed E-state index contributed by atoms with van der Waals surface area (Å²) in [7, 11) is 0. The second-order valence-electron chi connectivity index (χ2n) is 5.32. The van der Waals surface area contributed by atoms with Gasteiger partial charge in [-0.05, 0) is 43.7 Å². The standard InChI is InChI=1S/C14H19N5/c1-11-4-6-12(7-5-11)18-13-3-2-8-16-14(13)19-10-15-9-17-19/h2-3,8-12,18H,4-7H2,1H3. The van der Waals surface area contributed by atoms with Crippen molar-refractivity contribution in [1.82, 2.24) is 19.7 Å². The van der Waals surface area contributed by atoms with Crippen molar-refractivity contribution in [3.05, 3.63) is 31.0 Å². The molecule has 0 saturated heterocycles. The Morgan fingerprint density at radius 1 is 1.26 bits per heavy atom. The number of pyridine rings is 1. The van der Waals surface area contributed by atoms with Gasteiger partial charge in [0.15, 0.2) is 5.82 Å². The summed E-state index contributed by atoms with van der Waals surface area (Å²) < 4.78 is 1.70.